The molecule has 2 nitrogen and oxygen atoms in total. The summed E-state index contributed by atoms with van der Waals surface area (Å²) in [5.41, 5.74) is 2.52. The standard InChI is InChI=1S/C15H22ClNOS/c1-3-17-14(5-7-19-2)10-12-9-13(16)8-11-4-6-18-15(11)12/h8-9,14,17H,3-7,10H2,1-2H3. The van der Waals surface area contributed by atoms with Gasteiger partial charge < -0.3 is 10.1 Å². The molecule has 106 valence electrons. The molecule has 19 heavy (non-hydrogen) atoms. The van der Waals surface area contributed by atoms with E-state index in [9.17, 15) is 0 Å². The summed E-state index contributed by atoms with van der Waals surface area (Å²) in [6.45, 7) is 3.95. The van der Waals surface area contributed by atoms with Gasteiger partial charge in [0.2, 0.25) is 0 Å². The highest BCUT2D eigenvalue weighted by molar-refractivity contribution is 7.98. The summed E-state index contributed by atoms with van der Waals surface area (Å²) in [6, 6.07) is 4.61. The number of hydrogen-bond acceptors (Lipinski definition) is 3. The number of fused-ring (bicyclic) bond motifs is 1. The van der Waals surface area contributed by atoms with Crippen molar-refractivity contribution in [3.05, 3.63) is 28.3 Å². The van der Waals surface area contributed by atoms with Crippen LogP contribution in [0, 0.1) is 0 Å². The highest BCUT2D eigenvalue weighted by Crippen LogP contribution is 2.33. The van der Waals surface area contributed by atoms with Gasteiger partial charge >= 0.3 is 0 Å². The molecule has 0 aromatic heterocycles. The topological polar surface area (TPSA) is 21.3 Å². The van der Waals surface area contributed by atoms with Crippen molar-refractivity contribution in [3.63, 3.8) is 0 Å². The first kappa shape index (κ1) is 15.0. The van der Waals surface area contributed by atoms with E-state index in [4.69, 9.17) is 16.3 Å². The van der Waals surface area contributed by atoms with Gasteiger partial charge in [-0.25, -0.2) is 0 Å². The Balaban J connectivity index is 2.12. The molecule has 0 aliphatic carbocycles. The van der Waals surface area contributed by atoms with Crippen LogP contribution in [0.1, 0.15) is 24.5 Å². The highest BCUT2D eigenvalue weighted by Gasteiger charge is 2.19. The predicted octanol–water partition coefficient (Wildman–Crippen LogP) is 3.55. The fourth-order valence-corrected chi connectivity index (χ4v) is 3.37. The minimum atomic E-state index is 0.504. The van der Waals surface area contributed by atoms with E-state index in [1.165, 1.54) is 23.3 Å². The van der Waals surface area contributed by atoms with Crippen LogP contribution in [-0.4, -0.2) is 31.2 Å². The van der Waals surface area contributed by atoms with Gasteiger partial charge in [-0.3, -0.25) is 0 Å². The number of benzene rings is 1. The molecule has 1 aromatic rings. The van der Waals surface area contributed by atoms with Crippen LogP contribution in [0.4, 0.5) is 0 Å². The van der Waals surface area contributed by atoms with E-state index in [0.717, 1.165) is 36.8 Å². The van der Waals surface area contributed by atoms with Gasteiger partial charge in [0.25, 0.3) is 0 Å². The predicted molar refractivity (Wildman–Crippen MR) is 84.8 cm³/mol. The van der Waals surface area contributed by atoms with Crippen LogP contribution in [0.3, 0.4) is 0 Å². The van der Waals surface area contributed by atoms with Crippen LogP contribution in [0.15, 0.2) is 12.1 Å². The Bertz CT molecular complexity index is 425. The van der Waals surface area contributed by atoms with E-state index < -0.39 is 0 Å². The minimum Gasteiger partial charge on any atom is -0.493 e. The number of ether oxygens (including phenoxy) is 1. The van der Waals surface area contributed by atoms with Gasteiger partial charge in [0.15, 0.2) is 0 Å². The lowest BCUT2D eigenvalue weighted by atomic mass is 10.00. The molecule has 0 radical (unpaired) electrons. The Morgan fingerprint density at radius 3 is 3.05 bits per heavy atom. The number of thioether (sulfide) groups is 1. The largest absolute Gasteiger partial charge is 0.493 e. The van der Waals surface area contributed by atoms with Gasteiger partial charge in [-0.05, 0) is 54.7 Å². The molecule has 2 rings (SSSR count). The molecule has 0 spiro atoms. The molecule has 0 bridgehead atoms. The fourth-order valence-electron chi connectivity index (χ4n) is 2.59. The van der Waals surface area contributed by atoms with Crippen LogP contribution >= 0.6 is 23.4 Å². The van der Waals surface area contributed by atoms with E-state index >= 15 is 0 Å². The summed E-state index contributed by atoms with van der Waals surface area (Å²) in [7, 11) is 0. The first-order chi connectivity index (χ1) is 9.24. The van der Waals surface area contributed by atoms with Crippen LogP contribution < -0.4 is 10.1 Å². The lowest BCUT2D eigenvalue weighted by molar-refractivity contribution is 0.351. The number of likely N-dealkylation sites (N-methyl/N-ethyl adjacent to an activating group) is 1. The average molecular weight is 300 g/mol. The molecule has 1 aliphatic heterocycles. The van der Waals surface area contributed by atoms with E-state index in [1.807, 2.05) is 17.8 Å². The van der Waals surface area contributed by atoms with Crippen molar-refractivity contribution in [1.82, 2.24) is 5.32 Å². The maximum absolute atomic E-state index is 6.21. The summed E-state index contributed by atoms with van der Waals surface area (Å²) in [6.07, 6.45) is 5.32. The quantitative estimate of drug-likeness (QED) is 0.832. The SMILES string of the molecule is CCNC(CCSC)Cc1cc(Cl)cc2c1OCC2. The van der Waals surface area contributed by atoms with Gasteiger partial charge in [0.05, 0.1) is 6.61 Å². The second-order valence-electron chi connectivity index (χ2n) is 4.89. The molecule has 1 heterocycles. The number of rotatable bonds is 7. The summed E-state index contributed by atoms with van der Waals surface area (Å²) in [5.74, 6) is 2.26. The van der Waals surface area contributed by atoms with Gasteiger partial charge in [0.1, 0.15) is 5.75 Å². The minimum absolute atomic E-state index is 0.504. The van der Waals surface area contributed by atoms with Crippen LogP contribution in [0.5, 0.6) is 5.75 Å². The normalized spacial score (nSPS) is 15.1. The van der Waals surface area contributed by atoms with Crippen molar-refractivity contribution in [2.24, 2.45) is 0 Å². The molecule has 1 aliphatic rings. The molecule has 0 fully saturated rings. The number of nitrogens with one attached hydrogen (secondary N) is 1. The van der Waals surface area contributed by atoms with Crippen molar-refractivity contribution in [3.8, 4) is 5.75 Å². The fraction of sp³-hybridized carbons (Fsp3) is 0.600. The van der Waals surface area contributed by atoms with Gasteiger partial charge in [-0.2, -0.15) is 11.8 Å². The van der Waals surface area contributed by atoms with Gasteiger partial charge in [0, 0.05) is 17.5 Å². The average Bonchev–Trinajstić information content (AvgIpc) is 2.84. The lowest BCUT2D eigenvalue weighted by Gasteiger charge is -2.19. The zero-order valence-corrected chi connectivity index (χ0v) is 13.2. The first-order valence-electron chi connectivity index (χ1n) is 6.91. The van der Waals surface area contributed by atoms with Crippen LogP contribution in [-0.2, 0) is 12.8 Å². The maximum Gasteiger partial charge on any atom is 0.125 e. The monoisotopic (exact) mass is 299 g/mol. The molecule has 0 amide bonds. The summed E-state index contributed by atoms with van der Waals surface area (Å²) < 4.78 is 5.78. The van der Waals surface area contributed by atoms with Gasteiger partial charge in [-0.15, -0.1) is 0 Å². The molecule has 1 N–H and O–H groups in total. The molecular formula is C15H22ClNOS. The lowest BCUT2D eigenvalue weighted by Crippen LogP contribution is -2.31. The Morgan fingerprint density at radius 1 is 1.47 bits per heavy atom. The van der Waals surface area contributed by atoms with Gasteiger partial charge in [-0.1, -0.05) is 18.5 Å². The maximum atomic E-state index is 6.21. The first-order valence-corrected chi connectivity index (χ1v) is 8.68. The summed E-state index contributed by atoms with van der Waals surface area (Å²) >= 11 is 8.11. The van der Waals surface area contributed by atoms with Crippen molar-refractivity contribution >= 4 is 23.4 Å². The third-order valence-electron chi connectivity index (χ3n) is 3.45. The molecular weight excluding hydrogens is 278 g/mol. The third kappa shape index (κ3) is 4.04. The third-order valence-corrected chi connectivity index (χ3v) is 4.32. The van der Waals surface area contributed by atoms with Crippen molar-refractivity contribution in [2.45, 2.75) is 32.2 Å². The zero-order chi connectivity index (χ0) is 13.7. The molecule has 1 aromatic carbocycles. The number of hydrogen-bond donors (Lipinski definition) is 1. The van der Waals surface area contributed by atoms with Crippen LogP contribution in [0.2, 0.25) is 5.02 Å². The van der Waals surface area contributed by atoms with Crippen molar-refractivity contribution in [1.29, 1.82) is 0 Å². The Kier molecular flexibility index (Phi) is 5.86. The Hall–Kier alpha value is -0.380. The smallest absolute Gasteiger partial charge is 0.125 e. The Labute approximate surface area is 125 Å². The highest BCUT2D eigenvalue weighted by atomic mass is 35.5. The number of halogens is 1. The van der Waals surface area contributed by atoms with Crippen LogP contribution in [0.25, 0.3) is 0 Å². The molecule has 1 atom stereocenters. The second kappa shape index (κ2) is 7.41. The zero-order valence-electron chi connectivity index (χ0n) is 11.7. The van der Waals surface area contributed by atoms with Crippen molar-refractivity contribution < 1.29 is 4.74 Å². The molecule has 1 unspecified atom stereocenters. The van der Waals surface area contributed by atoms with Crippen molar-refractivity contribution in [2.75, 3.05) is 25.2 Å². The second-order valence-corrected chi connectivity index (χ2v) is 6.31. The Morgan fingerprint density at radius 2 is 2.32 bits per heavy atom. The molecule has 0 saturated heterocycles. The van der Waals surface area contributed by atoms with E-state index in [0.29, 0.717) is 6.04 Å². The molecule has 4 heteroatoms. The van der Waals surface area contributed by atoms with E-state index in [1.54, 1.807) is 0 Å². The van der Waals surface area contributed by atoms with E-state index in [-0.39, 0.29) is 0 Å². The summed E-state index contributed by atoms with van der Waals surface area (Å²) in [5, 5.41) is 4.40. The molecule has 0 saturated carbocycles. The van der Waals surface area contributed by atoms with E-state index in [2.05, 4.69) is 24.6 Å². The summed E-state index contributed by atoms with van der Waals surface area (Å²) in [4.78, 5) is 0.